The minimum atomic E-state index is -2.61. The molecule has 7 nitrogen and oxygen atoms in total. The van der Waals surface area contributed by atoms with E-state index in [-0.39, 0.29) is 16.7 Å². The van der Waals surface area contributed by atoms with Gasteiger partial charge >= 0.3 is 0 Å². The topological polar surface area (TPSA) is 75.6 Å². The standard InChI is InChI=1S/C37H58O7Si2/c1-34(2,3)45(11,12)42-28-32-33(44-37(8,40-10)36(7,39-9)43-32)31(38)26-20-15-21-27-41-46(35(4,5)6,29-22-16-13-17-23-29)30-24-18-14-19-25-30/h13-14,16-19,22-25,31-33,38H,15,21,27-28H2,1-12H3/t31-,32+,33-,36+,37+/m0/s1. The molecular weight excluding hydrogens is 613 g/mol. The van der Waals surface area contributed by atoms with Crippen LogP contribution < -0.4 is 10.4 Å². The summed E-state index contributed by atoms with van der Waals surface area (Å²) in [5.74, 6) is 3.72. The second-order valence-electron chi connectivity index (χ2n) is 15.0. The Morgan fingerprint density at radius 3 is 1.76 bits per heavy atom. The first-order valence-electron chi connectivity index (χ1n) is 16.4. The summed E-state index contributed by atoms with van der Waals surface area (Å²) >= 11 is 0. The van der Waals surface area contributed by atoms with Gasteiger partial charge in [-0.25, -0.2) is 0 Å². The van der Waals surface area contributed by atoms with Crippen LogP contribution in [0.4, 0.5) is 0 Å². The highest BCUT2D eigenvalue weighted by atomic mass is 28.4. The quantitative estimate of drug-likeness (QED) is 0.163. The summed E-state index contributed by atoms with van der Waals surface area (Å²) in [4.78, 5) is 0. The van der Waals surface area contributed by atoms with Crippen molar-refractivity contribution in [3.05, 3.63) is 60.7 Å². The molecule has 0 aromatic heterocycles. The number of unbranched alkanes of at least 4 members (excludes halogenated alkanes) is 1. The summed E-state index contributed by atoms with van der Waals surface area (Å²) < 4.78 is 37.8. The highest BCUT2D eigenvalue weighted by Gasteiger charge is 2.58. The van der Waals surface area contributed by atoms with Gasteiger partial charge in [-0.15, -0.1) is 5.92 Å². The van der Waals surface area contributed by atoms with Crippen LogP contribution in [0.2, 0.25) is 23.2 Å². The van der Waals surface area contributed by atoms with Crippen molar-refractivity contribution in [1.82, 2.24) is 0 Å². The maximum atomic E-state index is 11.4. The van der Waals surface area contributed by atoms with Crippen LogP contribution in [-0.2, 0) is 27.8 Å². The summed E-state index contributed by atoms with van der Waals surface area (Å²) in [6.45, 7) is 22.1. The first-order chi connectivity index (χ1) is 21.4. The molecule has 1 saturated heterocycles. The van der Waals surface area contributed by atoms with E-state index in [1.54, 1.807) is 21.0 Å². The molecule has 5 atom stereocenters. The molecule has 1 heterocycles. The second kappa shape index (κ2) is 15.1. The van der Waals surface area contributed by atoms with Gasteiger partial charge in [-0.1, -0.05) is 108 Å². The Labute approximate surface area is 280 Å². The fourth-order valence-electron chi connectivity index (χ4n) is 5.68. The molecule has 9 heteroatoms. The van der Waals surface area contributed by atoms with E-state index in [0.717, 1.165) is 6.42 Å². The van der Waals surface area contributed by atoms with Crippen LogP contribution in [0.15, 0.2) is 60.7 Å². The van der Waals surface area contributed by atoms with Gasteiger partial charge in [0.15, 0.2) is 8.32 Å². The molecule has 0 spiro atoms. The molecule has 46 heavy (non-hydrogen) atoms. The van der Waals surface area contributed by atoms with Crippen molar-refractivity contribution >= 4 is 27.0 Å². The lowest BCUT2D eigenvalue weighted by molar-refractivity contribution is -0.453. The van der Waals surface area contributed by atoms with Crippen LogP contribution in [0.25, 0.3) is 0 Å². The summed E-state index contributed by atoms with van der Waals surface area (Å²) in [7, 11) is -1.63. The Balaban J connectivity index is 1.77. The Hall–Kier alpha value is -1.85. The lowest BCUT2D eigenvalue weighted by atomic mass is 10.0. The number of ether oxygens (including phenoxy) is 4. The minimum absolute atomic E-state index is 0.0125. The number of aliphatic hydroxyl groups excluding tert-OH is 1. The molecule has 0 bridgehead atoms. The number of rotatable bonds is 12. The zero-order valence-electron chi connectivity index (χ0n) is 30.2. The van der Waals surface area contributed by atoms with Crippen LogP contribution in [-0.4, -0.2) is 79.1 Å². The number of benzene rings is 2. The van der Waals surface area contributed by atoms with Gasteiger partial charge in [0.2, 0.25) is 11.6 Å². The van der Waals surface area contributed by atoms with E-state index in [0.29, 0.717) is 13.0 Å². The van der Waals surface area contributed by atoms with E-state index < -0.39 is 46.5 Å². The van der Waals surface area contributed by atoms with E-state index in [1.807, 2.05) is 12.1 Å². The van der Waals surface area contributed by atoms with E-state index in [2.05, 4.69) is 115 Å². The smallest absolute Gasteiger partial charge is 0.261 e. The van der Waals surface area contributed by atoms with Gasteiger partial charge < -0.3 is 32.9 Å². The van der Waals surface area contributed by atoms with Crippen molar-refractivity contribution < 1.29 is 32.9 Å². The highest BCUT2D eigenvalue weighted by Crippen LogP contribution is 2.42. The lowest BCUT2D eigenvalue weighted by Crippen LogP contribution is -2.68. The lowest BCUT2D eigenvalue weighted by Gasteiger charge is -2.52. The van der Waals surface area contributed by atoms with Gasteiger partial charge in [-0.2, -0.15) is 0 Å². The van der Waals surface area contributed by atoms with Gasteiger partial charge in [0.1, 0.15) is 18.3 Å². The molecule has 2 aromatic carbocycles. The molecule has 0 radical (unpaired) electrons. The van der Waals surface area contributed by atoms with Crippen molar-refractivity contribution in [2.45, 2.75) is 121 Å². The molecule has 0 unspecified atom stereocenters. The molecule has 0 amide bonds. The van der Waals surface area contributed by atoms with Gasteiger partial charge in [-0.05, 0) is 53.8 Å². The van der Waals surface area contributed by atoms with Gasteiger partial charge in [-0.3, -0.25) is 0 Å². The SMILES string of the molecule is CO[C@]1(C)O[C@@H]([C@@H](O)C#CCCCO[Si](c2ccccc2)(c2ccccc2)C(C)(C)C)[C@@H](CO[Si](C)(C)C(C)(C)C)O[C@@]1(C)OC. The van der Waals surface area contributed by atoms with Crippen molar-refractivity contribution in [2.24, 2.45) is 0 Å². The van der Waals surface area contributed by atoms with Crippen LogP contribution in [0.5, 0.6) is 0 Å². The van der Waals surface area contributed by atoms with Crippen molar-refractivity contribution in [3.63, 3.8) is 0 Å². The molecule has 1 fully saturated rings. The molecular formula is C37H58O7Si2. The van der Waals surface area contributed by atoms with Gasteiger partial charge in [0, 0.05) is 27.2 Å². The molecule has 0 aliphatic carbocycles. The molecule has 3 rings (SSSR count). The molecule has 2 aromatic rings. The average Bonchev–Trinajstić information content (AvgIpc) is 3.00. The Morgan fingerprint density at radius 2 is 1.30 bits per heavy atom. The van der Waals surface area contributed by atoms with Gasteiger partial charge in [0.25, 0.3) is 8.32 Å². The average molecular weight is 671 g/mol. The van der Waals surface area contributed by atoms with E-state index in [9.17, 15) is 5.11 Å². The molecule has 0 saturated carbocycles. The molecule has 1 N–H and O–H groups in total. The third-order valence-corrected chi connectivity index (χ3v) is 19.4. The minimum Gasteiger partial charge on any atom is -0.414 e. The Morgan fingerprint density at radius 1 is 0.804 bits per heavy atom. The van der Waals surface area contributed by atoms with Crippen LogP contribution in [0.1, 0.15) is 68.2 Å². The number of hydrogen-bond acceptors (Lipinski definition) is 7. The normalized spacial score (nSPS) is 25.1. The molecule has 256 valence electrons. The van der Waals surface area contributed by atoms with E-state index in [4.69, 9.17) is 27.8 Å². The Kier molecular flexibility index (Phi) is 12.7. The largest absolute Gasteiger partial charge is 0.414 e. The van der Waals surface area contributed by atoms with Crippen molar-refractivity contribution in [3.8, 4) is 11.8 Å². The fraction of sp³-hybridized carbons (Fsp3) is 0.622. The van der Waals surface area contributed by atoms with Crippen LogP contribution in [0.3, 0.4) is 0 Å². The third kappa shape index (κ3) is 8.23. The summed E-state index contributed by atoms with van der Waals surface area (Å²) in [5, 5.41) is 13.8. The van der Waals surface area contributed by atoms with Crippen molar-refractivity contribution in [2.75, 3.05) is 27.4 Å². The van der Waals surface area contributed by atoms with Crippen molar-refractivity contribution in [1.29, 1.82) is 0 Å². The van der Waals surface area contributed by atoms with Crippen LogP contribution >= 0.6 is 0 Å². The zero-order chi connectivity index (χ0) is 34.4. The van der Waals surface area contributed by atoms with Crippen LogP contribution in [0, 0.1) is 11.8 Å². The highest BCUT2D eigenvalue weighted by molar-refractivity contribution is 6.99. The number of methoxy groups -OCH3 is 2. The summed E-state index contributed by atoms with van der Waals surface area (Å²) in [6.07, 6.45) is -1.27. The first kappa shape index (κ1) is 38.6. The zero-order valence-corrected chi connectivity index (χ0v) is 32.2. The van der Waals surface area contributed by atoms with E-state index >= 15 is 0 Å². The maximum Gasteiger partial charge on any atom is 0.261 e. The second-order valence-corrected chi connectivity index (χ2v) is 24.1. The summed E-state index contributed by atoms with van der Waals surface area (Å²) in [6, 6.07) is 21.2. The van der Waals surface area contributed by atoms with Gasteiger partial charge in [0.05, 0.1) is 6.61 Å². The Bertz CT molecular complexity index is 1260. The maximum absolute atomic E-state index is 11.4. The fourth-order valence-corrected chi connectivity index (χ4v) is 11.3. The summed E-state index contributed by atoms with van der Waals surface area (Å²) in [5.41, 5.74) is 0. The predicted octanol–water partition coefficient (Wildman–Crippen LogP) is 6.24. The molecule has 1 aliphatic rings. The monoisotopic (exact) mass is 670 g/mol. The first-order valence-corrected chi connectivity index (χ1v) is 21.2. The number of aliphatic hydroxyl groups is 1. The third-order valence-electron chi connectivity index (χ3n) is 9.86. The predicted molar refractivity (Wildman–Crippen MR) is 190 cm³/mol. The van der Waals surface area contributed by atoms with E-state index in [1.165, 1.54) is 17.5 Å². The molecule has 1 aliphatic heterocycles. The number of hydrogen-bond donors (Lipinski definition) is 1.